The maximum atomic E-state index is 14.5. The number of rotatable bonds is 8. The van der Waals surface area contributed by atoms with Gasteiger partial charge in [0.25, 0.3) is 5.91 Å². The molecule has 1 heterocycles. The van der Waals surface area contributed by atoms with Crippen molar-refractivity contribution in [1.82, 2.24) is 16.3 Å². The van der Waals surface area contributed by atoms with E-state index in [1.807, 2.05) is 32.0 Å². The molecule has 0 fully saturated rings. The van der Waals surface area contributed by atoms with Crippen molar-refractivity contribution in [3.63, 3.8) is 0 Å². The maximum Gasteiger partial charge on any atom is 0.428 e. The van der Waals surface area contributed by atoms with Crippen molar-refractivity contribution in [3.8, 4) is 0 Å². The fourth-order valence-corrected chi connectivity index (χ4v) is 5.43. The summed E-state index contributed by atoms with van der Waals surface area (Å²) in [6.45, 7) is 4.31. The van der Waals surface area contributed by atoms with Crippen molar-refractivity contribution in [2.75, 3.05) is 0 Å². The highest BCUT2D eigenvalue weighted by molar-refractivity contribution is 6.35. The third-order valence-electron chi connectivity index (χ3n) is 7.27. The highest BCUT2D eigenvalue weighted by Gasteiger charge is 2.60. The van der Waals surface area contributed by atoms with E-state index in [9.17, 15) is 22.4 Å². The zero-order valence-corrected chi connectivity index (χ0v) is 24.8. The van der Waals surface area contributed by atoms with Gasteiger partial charge in [-0.05, 0) is 65.6 Å². The van der Waals surface area contributed by atoms with E-state index in [0.29, 0.717) is 22.9 Å². The minimum absolute atomic E-state index is 0.0211. The Labute approximate surface area is 260 Å². The molecule has 44 heavy (non-hydrogen) atoms. The molecule has 1 amide bonds. The summed E-state index contributed by atoms with van der Waals surface area (Å²) in [6, 6.07) is 17.3. The zero-order valence-electron chi connectivity index (χ0n) is 23.3. The number of alkyl halides is 3. The van der Waals surface area contributed by atoms with Crippen molar-refractivity contribution in [2.24, 2.45) is 0 Å². The van der Waals surface area contributed by atoms with E-state index >= 15 is 0 Å². The monoisotopic (exact) mass is 645 g/mol. The Morgan fingerprint density at radius 2 is 1.64 bits per heavy atom. The summed E-state index contributed by atoms with van der Waals surface area (Å²) in [5.74, 6) is -1.50. The number of amides is 1. The Balaban J connectivity index is 1.38. The summed E-state index contributed by atoms with van der Waals surface area (Å²) in [5.41, 5.74) is 5.35. The van der Waals surface area contributed by atoms with Crippen LogP contribution in [0, 0.1) is 19.7 Å². The normalized spacial score (nSPS) is 16.7. The van der Waals surface area contributed by atoms with Gasteiger partial charge in [0, 0.05) is 29.1 Å². The Bertz CT molecular complexity index is 1770. The second-order valence-electron chi connectivity index (χ2n) is 10.0. The number of aryl methyl sites for hydroxylation is 2. The first-order valence-corrected chi connectivity index (χ1v) is 14.0. The van der Waals surface area contributed by atoms with E-state index in [2.05, 4.69) is 16.3 Å². The predicted molar refractivity (Wildman–Crippen MR) is 161 cm³/mol. The fourth-order valence-electron chi connectivity index (χ4n) is 4.95. The summed E-state index contributed by atoms with van der Waals surface area (Å²) in [7, 11) is 0. The molecule has 228 valence electrons. The molecule has 0 saturated carbocycles. The Morgan fingerprint density at radius 1 is 0.977 bits per heavy atom. The van der Waals surface area contributed by atoms with E-state index in [1.54, 1.807) is 24.3 Å². The molecule has 4 aromatic rings. The molecule has 1 aliphatic rings. The maximum absolute atomic E-state index is 14.5. The lowest BCUT2D eigenvalue weighted by Crippen LogP contribution is -2.42. The van der Waals surface area contributed by atoms with Gasteiger partial charge in [0.1, 0.15) is 6.61 Å². The van der Waals surface area contributed by atoms with E-state index < -0.39 is 39.1 Å². The van der Waals surface area contributed by atoms with Gasteiger partial charge < -0.3 is 5.32 Å². The van der Waals surface area contributed by atoms with Gasteiger partial charge in [-0.3, -0.25) is 25.4 Å². The molecule has 5 rings (SSSR count). The fraction of sp³-hybridized carbons (Fsp3) is 0.156. The van der Waals surface area contributed by atoms with Crippen LogP contribution in [0.25, 0.3) is 16.5 Å². The van der Waals surface area contributed by atoms with Gasteiger partial charge in [-0.1, -0.05) is 71.7 Å². The largest absolute Gasteiger partial charge is 0.428 e. The van der Waals surface area contributed by atoms with E-state index in [1.165, 1.54) is 24.5 Å². The first kappa shape index (κ1) is 31.3. The van der Waals surface area contributed by atoms with Crippen molar-refractivity contribution in [2.45, 2.75) is 32.2 Å². The minimum atomic E-state index is -4.98. The van der Waals surface area contributed by atoms with Crippen LogP contribution in [-0.2, 0) is 21.9 Å². The van der Waals surface area contributed by atoms with Gasteiger partial charge in [-0.15, -0.1) is 0 Å². The molecule has 4 aromatic carbocycles. The number of hydroxylamine groups is 2. The van der Waals surface area contributed by atoms with Gasteiger partial charge in [0.15, 0.2) is 5.82 Å². The molecule has 0 radical (unpaired) electrons. The SMILES string of the molecule is Cc1cccc(C)c1CONC=CNC(=O)c1ccc(C2=CC(c3cc(Cl)c(F)c(Cl)c3)(C(F)(F)F)ON2)c2ccccc12. The molecular weight excluding hydrogens is 621 g/mol. The molecule has 1 atom stereocenters. The van der Waals surface area contributed by atoms with Crippen LogP contribution in [0.5, 0.6) is 0 Å². The summed E-state index contributed by atoms with van der Waals surface area (Å²) < 4.78 is 57.5. The molecule has 12 heteroatoms. The van der Waals surface area contributed by atoms with Crippen LogP contribution >= 0.6 is 23.2 Å². The van der Waals surface area contributed by atoms with Crippen LogP contribution in [0.1, 0.15) is 38.2 Å². The molecule has 0 bridgehead atoms. The van der Waals surface area contributed by atoms with E-state index in [0.717, 1.165) is 34.9 Å². The number of hydrogen-bond acceptors (Lipinski definition) is 5. The zero-order chi connectivity index (χ0) is 31.6. The molecular formula is C32H25Cl2F4N3O3. The van der Waals surface area contributed by atoms with Gasteiger partial charge in [0.05, 0.1) is 15.7 Å². The summed E-state index contributed by atoms with van der Waals surface area (Å²) in [6.07, 6.45) is -1.34. The molecule has 1 unspecified atom stereocenters. The standard InChI is InChI=1S/C32H25Cl2F4N3O3/c1-18-6-5-7-19(2)25(18)17-43-40-13-12-39-30(42)24-11-10-23(21-8-3-4-9-22(21)24)28-16-31(44-41-28,32(36,37)38)20-14-26(33)29(35)27(34)15-20/h3-16,40-41H,17H2,1-2H3,(H,39,42). The Morgan fingerprint density at radius 3 is 2.30 bits per heavy atom. The molecule has 0 aliphatic carbocycles. The lowest BCUT2D eigenvalue weighted by atomic mass is 9.90. The molecule has 0 aromatic heterocycles. The second-order valence-corrected chi connectivity index (χ2v) is 10.9. The lowest BCUT2D eigenvalue weighted by Gasteiger charge is -2.28. The van der Waals surface area contributed by atoms with Gasteiger partial charge >= 0.3 is 6.18 Å². The quantitative estimate of drug-likeness (QED) is 0.0780. The van der Waals surface area contributed by atoms with Crippen LogP contribution in [0.2, 0.25) is 10.0 Å². The average molecular weight is 646 g/mol. The second kappa shape index (κ2) is 12.5. The first-order chi connectivity index (χ1) is 20.9. The van der Waals surface area contributed by atoms with Crippen molar-refractivity contribution >= 4 is 45.6 Å². The van der Waals surface area contributed by atoms with Crippen LogP contribution in [0.15, 0.2) is 85.2 Å². The number of carbonyl (C=O) groups excluding carboxylic acids is 1. The van der Waals surface area contributed by atoms with Gasteiger partial charge in [0.2, 0.25) is 5.60 Å². The first-order valence-electron chi connectivity index (χ1n) is 13.2. The van der Waals surface area contributed by atoms with Crippen LogP contribution in [0.3, 0.4) is 0 Å². The number of halogens is 6. The summed E-state index contributed by atoms with van der Waals surface area (Å²) >= 11 is 11.6. The van der Waals surface area contributed by atoms with Crippen LogP contribution in [0.4, 0.5) is 17.6 Å². The minimum Gasteiger partial charge on any atom is -0.327 e. The molecule has 6 nitrogen and oxygen atoms in total. The summed E-state index contributed by atoms with van der Waals surface area (Å²) in [4.78, 5) is 23.7. The van der Waals surface area contributed by atoms with Crippen LogP contribution < -0.4 is 16.3 Å². The molecule has 0 spiro atoms. The van der Waals surface area contributed by atoms with Crippen molar-refractivity contribution < 1.29 is 32.0 Å². The van der Waals surface area contributed by atoms with Gasteiger partial charge in [-0.25, -0.2) is 4.39 Å². The van der Waals surface area contributed by atoms with Crippen molar-refractivity contribution in [3.05, 3.63) is 134 Å². The smallest absolute Gasteiger partial charge is 0.327 e. The molecule has 0 saturated heterocycles. The lowest BCUT2D eigenvalue weighted by molar-refractivity contribution is -0.269. The third-order valence-corrected chi connectivity index (χ3v) is 7.82. The number of benzene rings is 4. The molecule has 1 aliphatic heterocycles. The Hall–Kier alpha value is -4.09. The Kier molecular flexibility index (Phi) is 8.90. The average Bonchev–Trinajstić information content (AvgIpc) is 3.45. The third kappa shape index (κ3) is 5.98. The summed E-state index contributed by atoms with van der Waals surface area (Å²) in [5, 5.41) is 2.45. The van der Waals surface area contributed by atoms with Crippen molar-refractivity contribution in [1.29, 1.82) is 0 Å². The highest BCUT2D eigenvalue weighted by Crippen LogP contribution is 2.49. The van der Waals surface area contributed by atoms with Crippen LogP contribution in [-0.4, -0.2) is 12.1 Å². The predicted octanol–water partition coefficient (Wildman–Crippen LogP) is 8.16. The van der Waals surface area contributed by atoms with E-state index in [4.69, 9.17) is 32.9 Å². The number of carbonyl (C=O) groups is 1. The molecule has 3 N–H and O–H groups in total. The van der Waals surface area contributed by atoms with E-state index in [-0.39, 0.29) is 11.3 Å². The number of hydrogen-bond donors (Lipinski definition) is 3. The topological polar surface area (TPSA) is 71.6 Å². The number of fused-ring (bicyclic) bond motifs is 1. The highest BCUT2D eigenvalue weighted by atomic mass is 35.5. The van der Waals surface area contributed by atoms with Gasteiger partial charge in [-0.2, -0.15) is 13.2 Å². The number of nitrogens with one attached hydrogen (secondary N) is 3.